The maximum absolute atomic E-state index is 12.2. The van der Waals surface area contributed by atoms with E-state index in [1.807, 2.05) is 38.1 Å². The summed E-state index contributed by atoms with van der Waals surface area (Å²) in [6, 6.07) is 14.0. The summed E-state index contributed by atoms with van der Waals surface area (Å²) in [4.78, 5) is 4.54. The van der Waals surface area contributed by atoms with Crippen LogP contribution in [0.5, 0.6) is 5.75 Å². The lowest BCUT2D eigenvalue weighted by molar-refractivity contribution is -0.0498. The third kappa shape index (κ3) is 6.86. The summed E-state index contributed by atoms with van der Waals surface area (Å²) in [5.41, 5.74) is 2.90. The average Bonchev–Trinajstić information content (AvgIpc) is 2.65. The number of hydrogen-bond donors (Lipinski definition) is 3. The van der Waals surface area contributed by atoms with Crippen molar-refractivity contribution in [2.45, 2.75) is 33.1 Å². The van der Waals surface area contributed by atoms with Crippen LogP contribution in [0, 0.1) is 6.92 Å². The fraction of sp³-hybridized carbons (Fsp3) is 0.350. The lowest BCUT2D eigenvalue weighted by Crippen LogP contribution is -2.39. The van der Waals surface area contributed by atoms with E-state index in [0.29, 0.717) is 24.6 Å². The van der Waals surface area contributed by atoms with E-state index in [0.717, 1.165) is 5.56 Å². The van der Waals surface area contributed by atoms with Gasteiger partial charge in [-0.1, -0.05) is 36.4 Å². The molecule has 2 rings (SSSR count). The Kier molecular flexibility index (Phi) is 8.00. The Morgan fingerprint density at radius 1 is 1.11 bits per heavy atom. The second-order valence-electron chi connectivity index (χ2n) is 5.97. The molecule has 0 saturated carbocycles. The highest BCUT2D eigenvalue weighted by Gasteiger charge is 2.10. The number of benzene rings is 2. The molecule has 2 aromatic rings. The largest absolute Gasteiger partial charge is 0.435 e. The van der Waals surface area contributed by atoms with Crippen molar-refractivity contribution in [1.29, 1.82) is 0 Å². The van der Waals surface area contributed by atoms with Gasteiger partial charge in [0.05, 0.1) is 12.6 Å². The van der Waals surface area contributed by atoms with Crippen molar-refractivity contribution in [3.8, 4) is 5.75 Å². The molecule has 0 aliphatic heterocycles. The molecule has 2 aromatic carbocycles. The van der Waals surface area contributed by atoms with Crippen LogP contribution in [-0.4, -0.2) is 30.8 Å². The van der Waals surface area contributed by atoms with Crippen molar-refractivity contribution >= 4 is 5.96 Å². The van der Waals surface area contributed by atoms with Crippen LogP contribution in [0.25, 0.3) is 0 Å². The van der Waals surface area contributed by atoms with E-state index in [4.69, 9.17) is 0 Å². The minimum Gasteiger partial charge on any atom is -0.435 e. The molecule has 0 aromatic heterocycles. The van der Waals surface area contributed by atoms with Gasteiger partial charge in [0, 0.05) is 13.1 Å². The molecule has 5 nitrogen and oxygen atoms in total. The predicted octanol–water partition coefficient (Wildman–Crippen LogP) is 3.39. The molecule has 0 heterocycles. The number of aliphatic hydroxyl groups is 1. The van der Waals surface area contributed by atoms with Gasteiger partial charge in [-0.15, -0.1) is 0 Å². The summed E-state index contributed by atoms with van der Waals surface area (Å²) >= 11 is 0. The van der Waals surface area contributed by atoms with Gasteiger partial charge in [-0.05, 0) is 42.7 Å². The summed E-state index contributed by atoms with van der Waals surface area (Å²) in [6.07, 6.45) is -0.812. The van der Waals surface area contributed by atoms with Gasteiger partial charge in [0.25, 0.3) is 0 Å². The molecule has 27 heavy (non-hydrogen) atoms. The zero-order valence-electron chi connectivity index (χ0n) is 15.5. The molecule has 0 spiro atoms. The van der Waals surface area contributed by atoms with Gasteiger partial charge in [0.2, 0.25) is 0 Å². The third-order valence-corrected chi connectivity index (χ3v) is 3.97. The molecule has 146 valence electrons. The second kappa shape index (κ2) is 10.5. The first kappa shape index (κ1) is 20.6. The smallest absolute Gasteiger partial charge is 0.387 e. The minimum atomic E-state index is -2.87. The number of hydrogen-bond acceptors (Lipinski definition) is 3. The number of aryl methyl sites for hydroxylation is 1. The van der Waals surface area contributed by atoms with E-state index in [1.165, 1.54) is 17.7 Å². The standard InChI is InChI=1S/C20H25F2N3O2/c1-3-23-20(24-12-16-7-5-4-6-14(16)2)25-13-18(26)15-8-10-17(11-9-15)27-19(21)22/h4-11,18-19,26H,3,12-13H2,1-2H3,(H2,23,24,25). The van der Waals surface area contributed by atoms with Crippen molar-refractivity contribution in [2.75, 3.05) is 13.1 Å². The molecule has 0 bridgehead atoms. The van der Waals surface area contributed by atoms with Crippen molar-refractivity contribution in [3.63, 3.8) is 0 Å². The van der Waals surface area contributed by atoms with Crippen molar-refractivity contribution < 1.29 is 18.6 Å². The van der Waals surface area contributed by atoms with Crippen LogP contribution in [0.3, 0.4) is 0 Å². The molecular formula is C20H25F2N3O2. The van der Waals surface area contributed by atoms with Gasteiger partial charge in [0.1, 0.15) is 5.75 Å². The van der Waals surface area contributed by atoms with Crippen LogP contribution >= 0.6 is 0 Å². The summed E-state index contributed by atoms with van der Waals surface area (Å²) < 4.78 is 28.7. The molecule has 1 unspecified atom stereocenters. The second-order valence-corrected chi connectivity index (χ2v) is 5.97. The number of aliphatic imine (C=N–C) groups is 1. The molecule has 0 fully saturated rings. The van der Waals surface area contributed by atoms with Crippen molar-refractivity contribution in [3.05, 3.63) is 65.2 Å². The zero-order valence-corrected chi connectivity index (χ0v) is 15.5. The molecule has 0 amide bonds. The Bertz CT molecular complexity index is 736. The maximum atomic E-state index is 12.2. The predicted molar refractivity (Wildman–Crippen MR) is 102 cm³/mol. The number of ether oxygens (including phenoxy) is 1. The van der Waals surface area contributed by atoms with Gasteiger partial charge in [0.15, 0.2) is 5.96 Å². The first-order chi connectivity index (χ1) is 13.0. The highest BCUT2D eigenvalue weighted by molar-refractivity contribution is 5.79. The van der Waals surface area contributed by atoms with E-state index in [1.54, 1.807) is 12.1 Å². The molecule has 0 aliphatic rings. The van der Waals surface area contributed by atoms with E-state index >= 15 is 0 Å². The van der Waals surface area contributed by atoms with Gasteiger partial charge in [-0.3, -0.25) is 0 Å². The number of nitrogens with zero attached hydrogens (tertiary/aromatic N) is 1. The number of aliphatic hydroxyl groups excluding tert-OH is 1. The molecule has 0 aliphatic carbocycles. The van der Waals surface area contributed by atoms with Crippen LogP contribution in [-0.2, 0) is 6.54 Å². The van der Waals surface area contributed by atoms with Crippen molar-refractivity contribution in [1.82, 2.24) is 10.6 Å². The number of guanidine groups is 1. The van der Waals surface area contributed by atoms with E-state index in [9.17, 15) is 13.9 Å². The first-order valence-electron chi connectivity index (χ1n) is 8.79. The lowest BCUT2D eigenvalue weighted by Gasteiger charge is -2.16. The number of alkyl halides is 2. The first-order valence-corrected chi connectivity index (χ1v) is 8.79. The molecule has 1 atom stereocenters. The summed E-state index contributed by atoms with van der Waals surface area (Å²) in [5, 5.41) is 16.5. The molecule has 0 saturated heterocycles. The molecule has 3 N–H and O–H groups in total. The van der Waals surface area contributed by atoms with Crippen LogP contribution < -0.4 is 15.4 Å². The monoisotopic (exact) mass is 377 g/mol. The SMILES string of the molecule is CCNC(=NCc1ccccc1C)NCC(O)c1ccc(OC(F)F)cc1. The van der Waals surface area contributed by atoms with Gasteiger partial charge < -0.3 is 20.5 Å². The van der Waals surface area contributed by atoms with Crippen LogP contribution in [0.4, 0.5) is 8.78 Å². The fourth-order valence-electron chi connectivity index (χ4n) is 2.48. The summed E-state index contributed by atoms with van der Waals surface area (Å²) in [5.74, 6) is 0.652. The number of halogens is 2. The highest BCUT2D eigenvalue weighted by atomic mass is 19.3. The van der Waals surface area contributed by atoms with E-state index < -0.39 is 12.7 Å². The Morgan fingerprint density at radius 2 is 1.81 bits per heavy atom. The van der Waals surface area contributed by atoms with E-state index in [-0.39, 0.29) is 12.3 Å². The topological polar surface area (TPSA) is 65.9 Å². The Balaban J connectivity index is 1.94. The number of rotatable bonds is 8. The highest BCUT2D eigenvalue weighted by Crippen LogP contribution is 2.19. The minimum absolute atomic E-state index is 0.0574. The van der Waals surface area contributed by atoms with Gasteiger partial charge in [-0.2, -0.15) is 8.78 Å². The Morgan fingerprint density at radius 3 is 2.44 bits per heavy atom. The quantitative estimate of drug-likeness (QED) is 0.487. The Labute approximate surface area is 158 Å². The molecule has 7 heteroatoms. The zero-order chi connectivity index (χ0) is 19.6. The Hall–Kier alpha value is -2.67. The summed E-state index contributed by atoms with van der Waals surface area (Å²) in [7, 11) is 0. The van der Waals surface area contributed by atoms with Crippen LogP contribution in [0.15, 0.2) is 53.5 Å². The van der Waals surface area contributed by atoms with Gasteiger partial charge >= 0.3 is 6.61 Å². The van der Waals surface area contributed by atoms with Gasteiger partial charge in [-0.25, -0.2) is 4.99 Å². The fourth-order valence-corrected chi connectivity index (χ4v) is 2.48. The molecular weight excluding hydrogens is 352 g/mol. The third-order valence-electron chi connectivity index (χ3n) is 3.97. The van der Waals surface area contributed by atoms with Crippen LogP contribution in [0.1, 0.15) is 29.7 Å². The van der Waals surface area contributed by atoms with Crippen LogP contribution in [0.2, 0.25) is 0 Å². The summed E-state index contributed by atoms with van der Waals surface area (Å²) in [6.45, 7) is 2.58. The molecule has 0 radical (unpaired) electrons. The maximum Gasteiger partial charge on any atom is 0.387 e. The lowest BCUT2D eigenvalue weighted by atomic mass is 10.1. The van der Waals surface area contributed by atoms with E-state index in [2.05, 4.69) is 20.4 Å². The number of nitrogens with one attached hydrogen (secondary N) is 2. The van der Waals surface area contributed by atoms with Crippen molar-refractivity contribution in [2.24, 2.45) is 4.99 Å². The average molecular weight is 377 g/mol. The normalized spacial score (nSPS) is 12.7.